The van der Waals surface area contributed by atoms with Gasteiger partial charge in [-0.3, -0.25) is 0 Å². The molecule has 0 fully saturated rings. The van der Waals surface area contributed by atoms with E-state index in [0.29, 0.717) is 6.04 Å². The summed E-state index contributed by atoms with van der Waals surface area (Å²) < 4.78 is 0. The average Bonchev–Trinajstić information content (AvgIpc) is 2.38. The van der Waals surface area contributed by atoms with Crippen LogP contribution in [0.15, 0.2) is 48.9 Å². The van der Waals surface area contributed by atoms with E-state index in [1.807, 2.05) is 37.9 Å². The van der Waals surface area contributed by atoms with Crippen LogP contribution in [0.1, 0.15) is 13.3 Å². The highest BCUT2D eigenvalue weighted by molar-refractivity contribution is 8.03. The maximum atomic E-state index is 3.79. The van der Waals surface area contributed by atoms with Crippen molar-refractivity contribution in [2.75, 3.05) is 33.4 Å². The zero-order valence-electron chi connectivity index (χ0n) is 13.0. The maximum absolute atomic E-state index is 3.79. The van der Waals surface area contributed by atoms with Crippen LogP contribution in [0.25, 0.3) is 0 Å². The molecular weight excluding hydrogens is 252 g/mol. The molecule has 0 aliphatic carbocycles. The Balaban J connectivity index is 0. The van der Waals surface area contributed by atoms with Gasteiger partial charge in [0.1, 0.15) is 0 Å². The van der Waals surface area contributed by atoms with Crippen LogP contribution in [0.5, 0.6) is 0 Å². The van der Waals surface area contributed by atoms with Gasteiger partial charge in [0.15, 0.2) is 0 Å². The van der Waals surface area contributed by atoms with Gasteiger partial charge in [0.2, 0.25) is 0 Å². The second kappa shape index (κ2) is 15.3. The molecule has 0 radical (unpaired) electrons. The summed E-state index contributed by atoms with van der Waals surface area (Å²) in [5, 5.41) is 3.34. The monoisotopic (exact) mass is 282 g/mol. The normalized spacial score (nSPS) is 12.4. The molecular formula is C16H30N2S. The topological polar surface area (TPSA) is 15.3 Å². The smallest absolute Gasteiger partial charge is 0.0170 e. The van der Waals surface area contributed by atoms with Crippen LogP contribution in [-0.2, 0) is 0 Å². The van der Waals surface area contributed by atoms with Crippen molar-refractivity contribution in [3.05, 3.63) is 48.9 Å². The molecule has 0 rings (SSSR count). The van der Waals surface area contributed by atoms with Crippen molar-refractivity contribution in [2.24, 2.45) is 0 Å². The van der Waals surface area contributed by atoms with Gasteiger partial charge in [-0.2, -0.15) is 0 Å². The number of nitrogens with zero attached hydrogens (tertiary/aromatic N) is 1. The lowest BCUT2D eigenvalue weighted by Gasteiger charge is -2.18. The number of rotatable bonds is 9. The molecule has 110 valence electrons. The molecule has 3 heteroatoms. The summed E-state index contributed by atoms with van der Waals surface area (Å²) in [5.41, 5.74) is 0. The van der Waals surface area contributed by atoms with Crippen LogP contribution in [0.3, 0.4) is 0 Å². The van der Waals surface area contributed by atoms with Crippen LogP contribution in [0.4, 0.5) is 0 Å². The molecule has 0 saturated carbocycles. The van der Waals surface area contributed by atoms with Gasteiger partial charge in [0.25, 0.3) is 0 Å². The van der Waals surface area contributed by atoms with Crippen molar-refractivity contribution >= 4 is 11.8 Å². The zero-order chi connectivity index (χ0) is 15.1. The minimum absolute atomic E-state index is 0.542. The largest absolute Gasteiger partial charge is 0.316 e. The Morgan fingerprint density at radius 1 is 1.32 bits per heavy atom. The fraction of sp³-hybridized carbons (Fsp3) is 0.500. The fourth-order valence-electron chi connectivity index (χ4n) is 1.21. The molecule has 1 N–H and O–H groups in total. The maximum Gasteiger partial charge on any atom is 0.0170 e. The summed E-state index contributed by atoms with van der Waals surface area (Å²) in [7, 11) is 6.23. The van der Waals surface area contributed by atoms with Crippen LogP contribution < -0.4 is 5.32 Å². The van der Waals surface area contributed by atoms with E-state index in [1.54, 1.807) is 12.2 Å². The van der Waals surface area contributed by atoms with E-state index in [4.69, 9.17) is 0 Å². The first-order chi connectivity index (χ1) is 9.05. The molecule has 0 aromatic carbocycles. The van der Waals surface area contributed by atoms with Gasteiger partial charge in [-0.15, -0.1) is 18.3 Å². The molecule has 0 aromatic rings. The fourth-order valence-corrected chi connectivity index (χ4v) is 2.25. The predicted octanol–water partition coefficient (Wildman–Crippen LogP) is 3.71. The summed E-state index contributed by atoms with van der Waals surface area (Å²) >= 11 is 1.82. The minimum Gasteiger partial charge on any atom is -0.316 e. The van der Waals surface area contributed by atoms with Gasteiger partial charge < -0.3 is 10.2 Å². The third-order valence-electron chi connectivity index (χ3n) is 2.27. The molecule has 0 spiro atoms. The molecule has 2 nitrogen and oxygen atoms in total. The van der Waals surface area contributed by atoms with Crippen molar-refractivity contribution in [2.45, 2.75) is 19.4 Å². The average molecular weight is 282 g/mol. The lowest BCUT2D eigenvalue weighted by atomic mass is 10.2. The van der Waals surface area contributed by atoms with E-state index in [2.05, 4.69) is 44.0 Å². The highest BCUT2D eigenvalue weighted by Gasteiger charge is 2.07. The molecule has 1 atom stereocenters. The van der Waals surface area contributed by atoms with Crippen molar-refractivity contribution in [3.8, 4) is 0 Å². The Kier molecular flexibility index (Phi) is 16.5. The van der Waals surface area contributed by atoms with E-state index < -0.39 is 0 Å². The van der Waals surface area contributed by atoms with Crippen LogP contribution in [0, 0.1) is 0 Å². The van der Waals surface area contributed by atoms with Crippen LogP contribution in [-0.4, -0.2) is 44.4 Å². The lowest BCUT2D eigenvalue weighted by molar-refractivity contribution is 0.375. The van der Waals surface area contributed by atoms with Gasteiger partial charge in [-0.1, -0.05) is 31.4 Å². The zero-order valence-corrected chi connectivity index (χ0v) is 13.8. The van der Waals surface area contributed by atoms with Crippen molar-refractivity contribution in [1.82, 2.24) is 10.2 Å². The first-order valence-electron chi connectivity index (χ1n) is 6.52. The number of nitrogens with one attached hydrogen (secondary N) is 1. The SMILES string of the molecule is C=C/C=C(\C=C)SCC(CCN(C)C)NC.C=CC. The molecule has 1 unspecified atom stereocenters. The number of hydrogen-bond donors (Lipinski definition) is 1. The molecule has 0 aliphatic rings. The molecule has 0 aliphatic heterocycles. The number of thioether (sulfide) groups is 1. The van der Waals surface area contributed by atoms with Crippen molar-refractivity contribution < 1.29 is 0 Å². The Morgan fingerprint density at radius 3 is 2.26 bits per heavy atom. The Bertz CT molecular complexity index is 270. The summed E-state index contributed by atoms with van der Waals surface area (Å²) in [6, 6.07) is 0.542. The molecule has 0 amide bonds. The Hall–Kier alpha value is -0.770. The second-order valence-electron chi connectivity index (χ2n) is 4.31. The molecule has 0 aromatic heterocycles. The number of allylic oxidation sites excluding steroid dienone is 4. The standard InChI is InChI=1S/C13H24N2S.C3H6/c1-6-8-13(7-2)16-11-12(14-3)9-10-15(4)5;1-3-2/h6-8,12,14H,1-2,9-11H2,3-5H3;3H,1H2,2H3/b13-8+;. The minimum atomic E-state index is 0.542. The summed E-state index contributed by atoms with van der Waals surface area (Å²) in [4.78, 5) is 3.39. The van der Waals surface area contributed by atoms with E-state index in [-0.39, 0.29) is 0 Å². The van der Waals surface area contributed by atoms with Crippen LogP contribution >= 0.6 is 11.8 Å². The first-order valence-corrected chi connectivity index (χ1v) is 7.51. The van der Waals surface area contributed by atoms with Gasteiger partial charge in [-0.25, -0.2) is 0 Å². The van der Waals surface area contributed by atoms with Crippen LogP contribution in [0.2, 0.25) is 0 Å². The van der Waals surface area contributed by atoms with Gasteiger partial charge in [-0.05, 0) is 47.1 Å². The summed E-state index contributed by atoms with van der Waals surface area (Å²) in [5.74, 6) is 1.07. The second-order valence-corrected chi connectivity index (χ2v) is 5.40. The third kappa shape index (κ3) is 15.2. The quantitative estimate of drug-likeness (QED) is 0.513. The van der Waals surface area contributed by atoms with E-state index in [9.17, 15) is 0 Å². The molecule has 0 heterocycles. The molecule has 19 heavy (non-hydrogen) atoms. The molecule has 0 saturated heterocycles. The highest BCUT2D eigenvalue weighted by Crippen LogP contribution is 2.18. The van der Waals surface area contributed by atoms with E-state index in [0.717, 1.165) is 18.7 Å². The Labute approximate surface area is 124 Å². The lowest BCUT2D eigenvalue weighted by Crippen LogP contribution is -2.31. The highest BCUT2D eigenvalue weighted by atomic mass is 32.2. The summed E-state index contributed by atoms with van der Waals surface area (Å²) in [6.45, 7) is 13.8. The van der Waals surface area contributed by atoms with E-state index >= 15 is 0 Å². The van der Waals surface area contributed by atoms with Crippen molar-refractivity contribution in [3.63, 3.8) is 0 Å². The predicted molar refractivity (Wildman–Crippen MR) is 92.8 cm³/mol. The summed E-state index contributed by atoms with van der Waals surface area (Å²) in [6.07, 6.45) is 8.59. The first kappa shape index (κ1) is 20.5. The number of hydrogen-bond acceptors (Lipinski definition) is 3. The van der Waals surface area contributed by atoms with Gasteiger partial charge >= 0.3 is 0 Å². The molecule has 0 bridgehead atoms. The Morgan fingerprint density at radius 2 is 1.89 bits per heavy atom. The van der Waals surface area contributed by atoms with Gasteiger partial charge in [0.05, 0.1) is 0 Å². The van der Waals surface area contributed by atoms with Crippen molar-refractivity contribution in [1.29, 1.82) is 0 Å². The van der Waals surface area contributed by atoms with E-state index in [1.165, 1.54) is 4.91 Å². The van der Waals surface area contributed by atoms with Gasteiger partial charge in [0, 0.05) is 16.7 Å². The third-order valence-corrected chi connectivity index (χ3v) is 3.47.